The van der Waals surface area contributed by atoms with E-state index in [1.165, 1.54) is 33.0 Å². The van der Waals surface area contributed by atoms with E-state index in [0.717, 1.165) is 29.1 Å². The van der Waals surface area contributed by atoms with Crippen LogP contribution in [0.15, 0.2) is 42.2 Å². The molecule has 0 N–H and O–H groups in total. The summed E-state index contributed by atoms with van der Waals surface area (Å²) in [4.78, 5) is 9.50. The lowest BCUT2D eigenvalue weighted by atomic mass is 9.95. The molecule has 2 aromatic heterocycles. The Balaban J connectivity index is 2.02. The minimum absolute atomic E-state index is 0.920. The second-order valence-electron chi connectivity index (χ2n) is 7.32. The number of nitrogens with zero attached hydrogens (tertiary/aromatic N) is 4. The van der Waals surface area contributed by atoms with Crippen molar-refractivity contribution in [3.05, 3.63) is 59.3 Å². The Hall–Kier alpha value is -3.01. The van der Waals surface area contributed by atoms with Gasteiger partial charge in [0.2, 0.25) is 0 Å². The zero-order chi connectivity index (χ0) is 18.0. The number of aromatic nitrogens is 4. The van der Waals surface area contributed by atoms with Gasteiger partial charge in [0, 0.05) is 31.0 Å². The van der Waals surface area contributed by atoms with Gasteiger partial charge in [-0.15, -0.1) is 0 Å². The molecule has 0 aliphatic carbocycles. The first-order valence-electron chi connectivity index (χ1n) is 8.96. The average molecular weight is 341 g/mol. The largest absolute Gasteiger partial charge is 0.302 e. The summed E-state index contributed by atoms with van der Waals surface area (Å²) >= 11 is 0. The second-order valence-corrected chi connectivity index (χ2v) is 7.32. The summed E-state index contributed by atoms with van der Waals surface area (Å²) in [5.41, 5.74) is 8.30. The van der Waals surface area contributed by atoms with Crippen molar-refractivity contribution in [1.82, 2.24) is 14.5 Å². The molecule has 0 radical (unpaired) electrons. The lowest BCUT2D eigenvalue weighted by Crippen LogP contribution is -2.31. The van der Waals surface area contributed by atoms with Crippen molar-refractivity contribution in [3.63, 3.8) is 0 Å². The van der Waals surface area contributed by atoms with Gasteiger partial charge in [-0.3, -0.25) is 0 Å². The zero-order valence-electron chi connectivity index (χ0n) is 15.5. The van der Waals surface area contributed by atoms with E-state index < -0.39 is 0 Å². The van der Waals surface area contributed by atoms with Gasteiger partial charge in [-0.25, -0.2) is 9.55 Å². The highest BCUT2D eigenvalue weighted by atomic mass is 15.1. The van der Waals surface area contributed by atoms with E-state index in [0.29, 0.717) is 0 Å². The van der Waals surface area contributed by atoms with Crippen LogP contribution >= 0.6 is 0 Å². The summed E-state index contributed by atoms with van der Waals surface area (Å²) in [7, 11) is 2.05. The number of aryl methyl sites for hydroxylation is 3. The average Bonchev–Trinajstić information content (AvgIpc) is 3.14. The van der Waals surface area contributed by atoms with Crippen molar-refractivity contribution < 1.29 is 4.57 Å². The van der Waals surface area contributed by atoms with Crippen molar-refractivity contribution in [1.29, 1.82) is 0 Å². The topological polar surface area (TPSA) is 34.6 Å². The van der Waals surface area contributed by atoms with E-state index in [9.17, 15) is 0 Å². The Morgan fingerprint density at radius 1 is 1.08 bits per heavy atom. The summed E-state index contributed by atoms with van der Waals surface area (Å²) in [6, 6.07) is 10.8. The van der Waals surface area contributed by atoms with Gasteiger partial charge in [0.05, 0.1) is 18.1 Å². The molecule has 0 saturated heterocycles. The van der Waals surface area contributed by atoms with Gasteiger partial charge in [0.15, 0.2) is 5.69 Å². The Kier molecular flexibility index (Phi) is 3.08. The molecule has 0 fully saturated rings. The molecule has 0 atom stereocenters. The van der Waals surface area contributed by atoms with Gasteiger partial charge in [-0.2, -0.15) is 0 Å². The summed E-state index contributed by atoms with van der Waals surface area (Å²) in [5.74, 6) is 1.13. The van der Waals surface area contributed by atoms with Crippen LogP contribution in [0, 0.1) is 13.8 Å². The van der Waals surface area contributed by atoms with Gasteiger partial charge >= 0.3 is 0 Å². The first-order valence-corrected chi connectivity index (χ1v) is 8.96. The summed E-state index contributed by atoms with van der Waals surface area (Å²) < 4.78 is 4.37. The van der Waals surface area contributed by atoms with Gasteiger partial charge < -0.3 is 4.57 Å². The molecule has 0 unspecified atom stereocenters. The summed E-state index contributed by atoms with van der Waals surface area (Å²) in [6.07, 6.45) is 5.04. The van der Waals surface area contributed by atoms with Crippen molar-refractivity contribution in [2.24, 2.45) is 7.05 Å². The number of hydrogen-bond acceptors (Lipinski definition) is 2. The maximum atomic E-state index is 5.08. The van der Waals surface area contributed by atoms with Crippen molar-refractivity contribution in [2.75, 3.05) is 0 Å². The van der Waals surface area contributed by atoms with Crippen LogP contribution in [-0.4, -0.2) is 14.5 Å². The first-order chi connectivity index (χ1) is 12.5. The smallest absolute Gasteiger partial charge is 0.286 e. The van der Waals surface area contributed by atoms with Gasteiger partial charge in [0.25, 0.3) is 6.33 Å². The molecule has 3 heterocycles. The van der Waals surface area contributed by atoms with E-state index in [1.807, 2.05) is 13.3 Å². The van der Waals surface area contributed by atoms with E-state index in [1.54, 1.807) is 0 Å². The molecule has 2 aromatic carbocycles. The second kappa shape index (κ2) is 5.24. The number of imidazole rings is 1. The monoisotopic (exact) mass is 341 g/mol. The Morgan fingerprint density at radius 3 is 2.65 bits per heavy atom. The van der Waals surface area contributed by atoms with Crippen molar-refractivity contribution >= 4 is 28.0 Å². The molecule has 0 bridgehead atoms. The molecule has 4 heteroatoms. The normalized spacial score (nSPS) is 13.5. The molecule has 0 saturated carbocycles. The van der Waals surface area contributed by atoms with Crippen LogP contribution in [0.1, 0.15) is 24.0 Å². The van der Waals surface area contributed by atoms with Gasteiger partial charge in [0.1, 0.15) is 17.0 Å². The predicted molar refractivity (Wildman–Crippen MR) is 105 cm³/mol. The van der Waals surface area contributed by atoms with E-state index in [4.69, 9.17) is 4.98 Å². The maximum Gasteiger partial charge on any atom is 0.286 e. The number of fused-ring (bicyclic) bond motifs is 5. The van der Waals surface area contributed by atoms with Crippen LogP contribution in [0.5, 0.6) is 0 Å². The number of benzene rings is 2. The highest BCUT2D eigenvalue weighted by Crippen LogP contribution is 2.39. The molecule has 0 amide bonds. The molecule has 1 aliphatic rings. The minimum atomic E-state index is 0.920. The SMILES string of the molecule is CC1=Cn2c(nc3c(-c4cc(C)nc[n+]4C)c(C)c4ccccc4c32)C1. The number of rotatable bonds is 1. The lowest BCUT2D eigenvalue weighted by molar-refractivity contribution is -0.663. The molecular weight excluding hydrogens is 320 g/mol. The third-order valence-corrected chi connectivity index (χ3v) is 5.38. The van der Waals surface area contributed by atoms with Crippen molar-refractivity contribution in [2.45, 2.75) is 27.2 Å². The van der Waals surface area contributed by atoms with Crippen LogP contribution in [-0.2, 0) is 13.5 Å². The highest BCUT2D eigenvalue weighted by molar-refractivity contribution is 6.13. The van der Waals surface area contributed by atoms with E-state index >= 15 is 0 Å². The van der Waals surface area contributed by atoms with Crippen LogP contribution in [0.3, 0.4) is 0 Å². The van der Waals surface area contributed by atoms with Crippen LogP contribution < -0.4 is 4.57 Å². The Morgan fingerprint density at radius 2 is 1.85 bits per heavy atom. The van der Waals surface area contributed by atoms with Crippen molar-refractivity contribution in [3.8, 4) is 11.3 Å². The third kappa shape index (κ3) is 1.99. The molecule has 4 aromatic rings. The maximum absolute atomic E-state index is 5.08. The number of allylic oxidation sites excluding steroid dienone is 1. The first kappa shape index (κ1) is 15.3. The Bertz CT molecular complexity index is 1240. The lowest BCUT2D eigenvalue weighted by Gasteiger charge is -2.12. The predicted octanol–water partition coefficient (Wildman–Crippen LogP) is 4.11. The molecule has 4 nitrogen and oxygen atoms in total. The fourth-order valence-corrected chi connectivity index (χ4v) is 4.16. The minimum Gasteiger partial charge on any atom is -0.302 e. The van der Waals surface area contributed by atoms with E-state index in [-0.39, 0.29) is 0 Å². The quantitative estimate of drug-likeness (QED) is 0.488. The fraction of sp³-hybridized carbons (Fsp3) is 0.227. The van der Waals surface area contributed by atoms with Gasteiger partial charge in [-0.05, 0) is 30.4 Å². The molecule has 1 aliphatic heterocycles. The molecule has 26 heavy (non-hydrogen) atoms. The molecule has 0 spiro atoms. The standard InChI is InChI=1S/C22H21N4/c1-13-9-19-24-21-20(18-10-14(2)23-12-25(18)4)15(3)16-7-5-6-8-17(16)22(21)26(19)11-13/h5-8,10-12H,9H2,1-4H3/q+1. The van der Waals surface area contributed by atoms with Gasteiger partial charge in [-0.1, -0.05) is 29.2 Å². The summed E-state index contributed by atoms with van der Waals surface area (Å²) in [5, 5.41) is 2.55. The molecule has 5 rings (SSSR count). The summed E-state index contributed by atoms with van der Waals surface area (Å²) in [6.45, 7) is 6.42. The van der Waals surface area contributed by atoms with Crippen LogP contribution in [0.2, 0.25) is 0 Å². The van der Waals surface area contributed by atoms with Crippen LogP contribution in [0.4, 0.5) is 0 Å². The Labute approximate surface area is 152 Å². The fourth-order valence-electron chi connectivity index (χ4n) is 4.16. The number of hydrogen-bond donors (Lipinski definition) is 0. The zero-order valence-corrected chi connectivity index (χ0v) is 15.5. The molecule has 128 valence electrons. The van der Waals surface area contributed by atoms with E-state index in [2.05, 4.69) is 71.5 Å². The molecular formula is C22H21N4+. The highest BCUT2D eigenvalue weighted by Gasteiger charge is 2.25. The van der Waals surface area contributed by atoms with Crippen LogP contribution in [0.25, 0.3) is 39.3 Å². The third-order valence-electron chi connectivity index (χ3n) is 5.38.